The Morgan fingerprint density at radius 3 is 2.12 bits per heavy atom. The van der Waals surface area contributed by atoms with Crippen LogP contribution in [-0.2, 0) is 4.79 Å². The molecule has 1 aromatic carbocycles. The van der Waals surface area contributed by atoms with Crippen LogP contribution < -0.4 is 0 Å². The largest absolute Gasteiger partial charge is 0.327 e. The number of benzene rings is 1. The van der Waals surface area contributed by atoms with Crippen molar-refractivity contribution in [2.45, 2.75) is 6.04 Å². The van der Waals surface area contributed by atoms with Crippen LogP contribution in [0, 0.1) is 5.82 Å². The van der Waals surface area contributed by atoms with Crippen LogP contribution in [0.2, 0.25) is 0 Å². The lowest BCUT2D eigenvalue weighted by Crippen LogP contribution is -2.27. The zero-order chi connectivity index (χ0) is 11.9. The van der Waals surface area contributed by atoms with Gasteiger partial charge in [-0.05, 0) is 17.7 Å². The van der Waals surface area contributed by atoms with Crippen molar-refractivity contribution in [2.75, 3.05) is 14.1 Å². The van der Waals surface area contributed by atoms with Crippen LogP contribution in [0.4, 0.5) is 9.18 Å². The van der Waals surface area contributed by atoms with Crippen molar-refractivity contribution < 1.29 is 14.0 Å². The maximum Gasteiger partial charge on any atom is 0.327 e. The summed E-state index contributed by atoms with van der Waals surface area (Å²) in [5.74, 6) is -0.657. The van der Waals surface area contributed by atoms with Crippen molar-refractivity contribution in [3.8, 4) is 0 Å². The van der Waals surface area contributed by atoms with E-state index in [0.717, 1.165) is 4.90 Å². The molecular formula is C11H11FN2O2. The van der Waals surface area contributed by atoms with Gasteiger partial charge in [-0.2, -0.15) is 0 Å². The zero-order valence-corrected chi connectivity index (χ0v) is 8.98. The van der Waals surface area contributed by atoms with Crippen molar-refractivity contribution in [3.63, 3.8) is 0 Å². The van der Waals surface area contributed by atoms with Gasteiger partial charge in [0.25, 0.3) is 5.91 Å². The fourth-order valence-corrected chi connectivity index (χ4v) is 1.80. The van der Waals surface area contributed by atoms with E-state index in [1.165, 1.54) is 36.2 Å². The number of halogens is 1. The molecule has 0 N–H and O–H groups in total. The van der Waals surface area contributed by atoms with Gasteiger partial charge in [-0.15, -0.1) is 0 Å². The van der Waals surface area contributed by atoms with Gasteiger partial charge in [-0.3, -0.25) is 9.69 Å². The zero-order valence-electron chi connectivity index (χ0n) is 8.98. The van der Waals surface area contributed by atoms with Gasteiger partial charge in [0.2, 0.25) is 0 Å². The Labute approximate surface area is 92.3 Å². The van der Waals surface area contributed by atoms with Gasteiger partial charge in [-0.25, -0.2) is 9.18 Å². The molecule has 84 valence electrons. The predicted molar refractivity (Wildman–Crippen MR) is 55.1 cm³/mol. The Kier molecular flexibility index (Phi) is 2.38. The second-order valence-electron chi connectivity index (χ2n) is 3.74. The van der Waals surface area contributed by atoms with E-state index in [2.05, 4.69) is 0 Å². The molecule has 0 spiro atoms. The van der Waals surface area contributed by atoms with E-state index in [1.54, 1.807) is 7.05 Å². The lowest BCUT2D eigenvalue weighted by Gasteiger charge is -2.16. The van der Waals surface area contributed by atoms with Crippen LogP contribution in [0.3, 0.4) is 0 Å². The Bertz CT molecular complexity index is 444. The molecule has 16 heavy (non-hydrogen) atoms. The number of hydrogen-bond acceptors (Lipinski definition) is 2. The molecule has 0 bridgehead atoms. The molecule has 1 aromatic rings. The van der Waals surface area contributed by atoms with E-state index < -0.39 is 6.04 Å². The topological polar surface area (TPSA) is 40.6 Å². The molecule has 1 aliphatic rings. The molecule has 1 aliphatic heterocycles. The summed E-state index contributed by atoms with van der Waals surface area (Å²) in [6, 6.07) is 4.60. The van der Waals surface area contributed by atoms with Crippen molar-refractivity contribution in [1.29, 1.82) is 0 Å². The third-order valence-corrected chi connectivity index (χ3v) is 2.73. The Hall–Kier alpha value is -1.91. The summed E-state index contributed by atoms with van der Waals surface area (Å²) in [4.78, 5) is 25.7. The number of urea groups is 1. The molecule has 1 unspecified atom stereocenters. The number of hydrogen-bond donors (Lipinski definition) is 0. The van der Waals surface area contributed by atoms with E-state index >= 15 is 0 Å². The number of imide groups is 1. The highest BCUT2D eigenvalue weighted by Crippen LogP contribution is 2.28. The summed E-state index contributed by atoms with van der Waals surface area (Å²) in [6.45, 7) is 0. The van der Waals surface area contributed by atoms with E-state index in [4.69, 9.17) is 0 Å². The number of carbonyl (C=O) groups excluding carboxylic acids is 2. The molecule has 5 heteroatoms. The monoisotopic (exact) mass is 222 g/mol. The van der Waals surface area contributed by atoms with Gasteiger partial charge in [0, 0.05) is 14.1 Å². The maximum absolute atomic E-state index is 12.7. The standard InChI is InChI=1S/C11H11FN2O2/c1-13-9(10(15)14(2)11(13)16)7-3-5-8(12)6-4-7/h3-6,9H,1-2H3. The smallest absolute Gasteiger partial charge is 0.311 e. The third-order valence-electron chi connectivity index (χ3n) is 2.73. The second kappa shape index (κ2) is 3.59. The number of amides is 3. The van der Waals surface area contributed by atoms with E-state index in [-0.39, 0.29) is 17.8 Å². The molecule has 1 heterocycles. The molecule has 0 aliphatic carbocycles. The van der Waals surface area contributed by atoms with Crippen molar-refractivity contribution >= 4 is 11.9 Å². The van der Waals surface area contributed by atoms with Crippen LogP contribution in [0.1, 0.15) is 11.6 Å². The Morgan fingerprint density at radius 2 is 1.69 bits per heavy atom. The van der Waals surface area contributed by atoms with Crippen LogP contribution in [-0.4, -0.2) is 35.8 Å². The van der Waals surface area contributed by atoms with E-state index in [0.29, 0.717) is 5.56 Å². The average Bonchev–Trinajstić information content (AvgIpc) is 2.46. The number of carbonyl (C=O) groups is 2. The minimum absolute atomic E-state index is 0.292. The van der Waals surface area contributed by atoms with Crippen molar-refractivity contribution in [2.24, 2.45) is 0 Å². The highest BCUT2D eigenvalue weighted by atomic mass is 19.1. The normalized spacial score (nSPS) is 20.8. The molecule has 4 nitrogen and oxygen atoms in total. The van der Waals surface area contributed by atoms with Gasteiger partial charge in [0.15, 0.2) is 0 Å². The van der Waals surface area contributed by atoms with Gasteiger partial charge in [-0.1, -0.05) is 12.1 Å². The number of likely N-dealkylation sites (N-methyl/N-ethyl adjacent to an activating group) is 2. The van der Waals surface area contributed by atoms with Gasteiger partial charge in [0.1, 0.15) is 11.9 Å². The molecule has 1 atom stereocenters. The van der Waals surface area contributed by atoms with Gasteiger partial charge in [0.05, 0.1) is 0 Å². The number of rotatable bonds is 1. The average molecular weight is 222 g/mol. The Morgan fingerprint density at radius 1 is 1.12 bits per heavy atom. The molecule has 0 radical (unpaired) electrons. The molecular weight excluding hydrogens is 211 g/mol. The van der Waals surface area contributed by atoms with Crippen molar-refractivity contribution in [1.82, 2.24) is 9.80 Å². The minimum atomic E-state index is -0.641. The van der Waals surface area contributed by atoms with Crippen LogP contribution >= 0.6 is 0 Å². The summed E-state index contributed by atoms with van der Waals surface area (Å²) < 4.78 is 12.7. The van der Waals surface area contributed by atoms with E-state index in [9.17, 15) is 14.0 Å². The lowest BCUT2D eigenvalue weighted by molar-refractivity contribution is -0.127. The first-order valence-corrected chi connectivity index (χ1v) is 4.82. The molecule has 3 amide bonds. The first-order chi connectivity index (χ1) is 7.52. The molecule has 0 aromatic heterocycles. The van der Waals surface area contributed by atoms with Gasteiger partial charge >= 0.3 is 6.03 Å². The first kappa shape index (κ1) is 10.6. The predicted octanol–water partition coefficient (Wildman–Crippen LogP) is 1.39. The fourth-order valence-electron chi connectivity index (χ4n) is 1.80. The first-order valence-electron chi connectivity index (χ1n) is 4.82. The SMILES string of the molecule is CN1C(=O)C(c2ccc(F)cc2)N(C)C1=O. The fraction of sp³-hybridized carbons (Fsp3) is 0.273. The van der Waals surface area contributed by atoms with Crippen LogP contribution in [0.15, 0.2) is 24.3 Å². The Balaban J connectivity index is 2.38. The molecule has 1 saturated heterocycles. The molecule has 1 fully saturated rings. The summed E-state index contributed by atoms with van der Waals surface area (Å²) in [7, 11) is 2.99. The highest BCUT2D eigenvalue weighted by Gasteiger charge is 2.41. The summed E-state index contributed by atoms with van der Waals surface area (Å²) in [5, 5.41) is 0. The molecule has 2 rings (SSSR count). The quantitative estimate of drug-likeness (QED) is 0.674. The summed E-state index contributed by atoms with van der Waals surface area (Å²) in [5.41, 5.74) is 0.617. The van der Waals surface area contributed by atoms with Crippen LogP contribution in [0.25, 0.3) is 0 Å². The summed E-state index contributed by atoms with van der Waals surface area (Å²) >= 11 is 0. The lowest BCUT2D eigenvalue weighted by atomic mass is 10.1. The third kappa shape index (κ3) is 1.44. The highest BCUT2D eigenvalue weighted by molar-refractivity contribution is 6.04. The van der Waals surface area contributed by atoms with Crippen molar-refractivity contribution in [3.05, 3.63) is 35.6 Å². The molecule has 0 saturated carbocycles. The minimum Gasteiger partial charge on any atom is -0.311 e. The second-order valence-corrected chi connectivity index (χ2v) is 3.74. The van der Waals surface area contributed by atoms with Gasteiger partial charge < -0.3 is 4.90 Å². The van der Waals surface area contributed by atoms with E-state index in [1.807, 2.05) is 0 Å². The van der Waals surface area contributed by atoms with Crippen LogP contribution in [0.5, 0.6) is 0 Å². The summed E-state index contributed by atoms with van der Waals surface area (Å²) in [6.07, 6.45) is 0. The maximum atomic E-state index is 12.7. The number of nitrogens with zero attached hydrogens (tertiary/aromatic N) is 2.